The third-order valence-electron chi connectivity index (χ3n) is 4.69. The highest BCUT2D eigenvalue weighted by molar-refractivity contribution is 5.48. The number of hydrogen-bond acceptors (Lipinski definition) is 3. The first-order valence-electron chi connectivity index (χ1n) is 7.24. The number of halogens is 3. The Bertz CT molecular complexity index is 624. The fourth-order valence-electron chi connectivity index (χ4n) is 3.51. The molecule has 0 saturated heterocycles. The molecule has 2 unspecified atom stereocenters. The van der Waals surface area contributed by atoms with Crippen molar-refractivity contribution in [2.45, 2.75) is 49.5 Å². The molecule has 1 aromatic rings. The fraction of sp³-hybridized carbons (Fsp3) is 0.529. The lowest BCUT2D eigenvalue weighted by molar-refractivity contribution is -0.333. The number of aliphatic hydroxyl groups is 2. The van der Waals surface area contributed by atoms with Gasteiger partial charge in [0.05, 0.1) is 7.11 Å². The first kappa shape index (κ1) is 17.8. The minimum Gasteiger partial charge on any atom is -0.497 e. The minimum atomic E-state index is -5.00. The number of hydrogen-bond donors (Lipinski definition) is 2. The lowest BCUT2D eigenvalue weighted by atomic mass is 9.58. The van der Waals surface area contributed by atoms with E-state index in [0.717, 1.165) is 0 Å². The Morgan fingerprint density at radius 3 is 2.35 bits per heavy atom. The molecule has 2 atom stereocenters. The zero-order valence-electron chi connectivity index (χ0n) is 13.4. The van der Waals surface area contributed by atoms with Gasteiger partial charge >= 0.3 is 6.18 Å². The quantitative estimate of drug-likeness (QED) is 0.835. The molecule has 1 aliphatic rings. The van der Waals surface area contributed by atoms with Gasteiger partial charge in [0.25, 0.3) is 0 Å². The molecular formula is C17H21F3O3. The van der Waals surface area contributed by atoms with Gasteiger partial charge in [-0.3, -0.25) is 0 Å². The normalized spacial score (nSPS) is 29.7. The van der Waals surface area contributed by atoms with Crippen LogP contribution >= 0.6 is 0 Å². The summed E-state index contributed by atoms with van der Waals surface area (Å²) in [4.78, 5) is 0. The summed E-state index contributed by atoms with van der Waals surface area (Å²) in [5, 5.41) is 21.5. The first-order valence-corrected chi connectivity index (χ1v) is 7.24. The topological polar surface area (TPSA) is 49.7 Å². The zero-order chi connectivity index (χ0) is 17.7. The van der Waals surface area contributed by atoms with Crippen molar-refractivity contribution in [3.63, 3.8) is 0 Å². The highest BCUT2D eigenvalue weighted by Gasteiger charge is 2.70. The van der Waals surface area contributed by atoms with Gasteiger partial charge in [0.15, 0.2) is 5.60 Å². The van der Waals surface area contributed by atoms with Crippen LogP contribution in [0.25, 0.3) is 0 Å². The molecule has 0 radical (unpaired) electrons. The molecule has 0 heterocycles. The van der Waals surface area contributed by atoms with Crippen molar-refractivity contribution in [3.05, 3.63) is 42.0 Å². The molecule has 23 heavy (non-hydrogen) atoms. The first-order chi connectivity index (χ1) is 10.4. The molecule has 1 aromatic carbocycles. The summed E-state index contributed by atoms with van der Waals surface area (Å²) in [7, 11) is 1.39. The number of benzene rings is 1. The predicted molar refractivity (Wildman–Crippen MR) is 80.4 cm³/mol. The molecule has 1 aliphatic carbocycles. The van der Waals surface area contributed by atoms with Gasteiger partial charge in [0.2, 0.25) is 0 Å². The maximum atomic E-state index is 13.7. The minimum absolute atomic E-state index is 0.0211. The summed E-state index contributed by atoms with van der Waals surface area (Å²) >= 11 is 0. The molecule has 0 aliphatic heterocycles. The number of alkyl halides is 3. The van der Waals surface area contributed by atoms with Crippen molar-refractivity contribution >= 4 is 0 Å². The molecule has 0 amide bonds. The van der Waals surface area contributed by atoms with Crippen LogP contribution in [0, 0.1) is 0 Å². The smallest absolute Gasteiger partial charge is 0.420 e. The van der Waals surface area contributed by atoms with Crippen LogP contribution in [0.2, 0.25) is 0 Å². The summed E-state index contributed by atoms with van der Waals surface area (Å²) < 4.78 is 46.1. The molecule has 128 valence electrons. The fourth-order valence-corrected chi connectivity index (χ4v) is 3.51. The molecule has 0 saturated carbocycles. The standard InChI is InChI=1S/C17H21F3O3/c1-5-8-15(21)13-9-11(23-4)6-7-12(13)14(2,3)10-16(15,22)17(18,19)20/h5-7,9,21-22H,1,8,10H2,2-4H3. The molecule has 2 N–H and O–H groups in total. The van der Waals surface area contributed by atoms with Crippen molar-refractivity contribution in [3.8, 4) is 5.75 Å². The van der Waals surface area contributed by atoms with E-state index in [0.29, 0.717) is 11.3 Å². The summed E-state index contributed by atoms with van der Waals surface area (Å²) in [6, 6.07) is 4.63. The number of ether oxygens (including phenoxy) is 1. The third kappa shape index (κ3) is 2.44. The second-order valence-corrected chi connectivity index (χ2v) is 6.68. The van der Waals surface area contributed by atoms with Gasteiger partial charge in [0, 0.05) is 6.42 Å². The Morgan fingerprint density at radius 2 is 1.87 bits per heavy atom. The van der Waals surface area contributed by atoms with E-state index in [4.69, 9.17) is 4.74 Å². The largest absolute Gasteiger partial charge is 0.497 e. The van der Waals surface area contributed by atoms with E-state index < -0.39 is 35.6 Å². The van der Waals surface area contributed by atoms with Crippen LogP contribution in [-0.2, 0) is 11.0 Å². The van der Waals surface area contributed by atoms with E-state index in [1.54, 1.807) is 26.0 Å². The summed E-state index contributed by atoms with van der Waals surface area (Å²) in [6.45, 7) is 6.66. The Hall–Kier alpha value is -1.53. The van der Waals surface area contributed by atoms with Crippen molar-refractivity contribution in [2.75, 3.05) is 7.11 Å². The predicted octanol–water partition coefficient (Wildman–Crippen LogP) is 3.43. The molecule has 3 nitrogen and oxygen atoms in total. The summed E-state index contributed by atoms with van der Waals surface area (Å²) in [5.41, 5.74) is -6.20. The number of fused-ring (bicyclic) bond motifs is 1. The van der Waals surface area contributed by atoms with Gasteiger partial charge < -0.3 is 14.9 Å². The molecular weight excluding hydrogens is 309 g/mol. The molecule has 2 rings (SSSR count). The molecule has 0 aromatic heterocycles. The highest BCUT2D eigenvalue weighted by Crippen LogP contribution is 2.57. The molecule has 0 fully saturated rings. The van der Waals surface area contributed by atoms with E-state index in [-0.39, 0.29) is 5.56 Å². The van der Waals surface area contributed by atoms with E-state index in [1.165, 1.54) is 19.3 Å². The van der Waals surface area contributed by atoms with Crippen molar-refractivity contribution in [1.29, 1.82) is 0 Å². The van der Waals surface area contributed by atoms with E-state index >= 15 is 0 Å². The van der Waals surface area contributed by atoms with Crippen LogP contribution in [0.3, 0.4) is 0 Å². The van der Waals surface area contributed by atoms with Crippen LogP contribution in [0.15, 0.2) is 30.9 Å². The van der Waals surface area contributed by atoms with Crippen LogP contribution in [0.5, 0.6) is 5.75 Å². The Kier molecular flexibility index (Phi) is 4.06. The number of methoxy groups -OCH3 is 1. The van der Waals surface area contributed by atoms with E-state index in [1.807, 2.05) is 0 Å². The van der Waals surface area contributed by atoms with Gasteiger partial charge in [-0.1, -0.05) is 26.0 Å². The average molecular weight is 330 g/mol. The maximum Gasteiger partial charge on any atom is 0.420 e. The Morgan fingerprint density at radius 1 is 1.26 bits per heavy atom. The summed E-state index contributed by atoms with van der Waals surface area (Å²) in [5.74, 6) is 0.313. The highest BCUT2D eigenvalue weighted by atomic mass is 19.4. The Balaban J connectivity index is 2.84. The van der Waals surface area contributed by atoms with Gasteiger partial charge in [-0.2, -0.15) is 13.2 Å². The van der Waals surface area contributed by atoms with Crippen LogP contribution in [0.1, 0.15) is 37.8 Å². The second kappa shape index (κ2) is 5.24. The maximum absolute atomic E-state index is 13.7. The zero-order valence-corrected chi connectivity index (χ0v) is 13.4. The number of rotatable bonds is 3. The molecule has 0 spiro atoms. The van der Waals surface area contributed by atoms with Gasteiger partial charge in [-0.05, 0) is 35.1 Å². The van der Waals surface area contributed by atoms with Gasteiger partial charge in [0.1, 0.15) is 11.4 Å². The van der Waals surface area contributed by atoms with Gasteiger partial charge in [-0.25, -0.2) is 0 Å². The van der Waals surface area contributed by atoms with E-state index in [2.05, 4.69) is 6.58 Å². The van der Waals surface area contributed by atoms with Crippen LogP contribution in [0.4, 0.5) is 13.2 Å². The molecule has 0 bridgehead atoms. The lowest BCUT2D eigenvalue weighted by Gasteiger charge is -2.53. The average Bonchev–Trinajstić information content (AvgIpc) is 2.43. The SMILES string of the molecule is C=CCC1(O)c2cc(OC)ccc2C(C)(C)CC1(O)C(F)(F)F. The van der Waals surface area contributed by atoms with Crippen LogP contribution in [-0.4, -0.2) is 29.1 Å². The monoisotopic (exact) mass is 330 g/mol. The van der Waals surface area contributed by atoms with Crippen molar-refractivity contribution in [1.82, 2.24) is 0 Å². The van der Waals surface area contributed by atoms with Gasteiger partial charge in [-0.15, -0.1) is 6.58 Å². The lowest BCUT2D eigenvalue weighted by Crippen LogP contribution is -2.65. The van der Waals surface area contributed by atoms with Crippen LogP contribution < -0.4 is 4.74 Å². The van der Waals surface area contributed by atoms with E-state index in [9.17, 15) is 23.4 Å². The van der Waals surface area contributed by atoms with Crippen molar-refractivity contribution < 1.29 is 28.1 Å². The molecule has 6 heteroatoms. The van der Waals surface area contributed by atoms with Crippen molar-refractivity contribution in [2.24, 2.45) is 0 Å². The third-order valence-corrected chi connectivity index (χ3v) is 4.69. The second-order valence-electron chi connectivity index (χ2n) is 6.68. The Labute approximate surface area is 133 Å². The summed E-state index contributed by atoms with van der Waals surface area (Å²) in [6.07, 6.45) is -4.90.